The summed E-state index contributed by atoms with van der Waals surface area (Å²) >= 11 is 0. The number of carbonyl (C=O) groups is 1. The van der Waals surface area contributed by atoms with Gasteiger partial charge in [0.15, 0.2) is 5.78 Å². The Balaban J connectivity index is 2.07. The van der Waals surface area contributed by atoms with Gasteiger partial charge >= 0.3 is 0 Å². The van der Waals surface area contributed by atoms with E-state index < -0.39 is 8.07 Å². The van der Waals surface area contributed by atoms with E-state index in [2.05, 4.69) is 38.2 Å². The van der Waals surface area contributed by atoms with E-state index in [1.165, 1.54) is 19.3 Å². The minimum atomic E-state index is -1.52. The Kier molecular flexibility index (Phi) is 3.84. The van der Waals surface area contributed by atoms with Gasteiger partial charge in [-0.25, -0.2) is 0 Å². The number of fused-ring (bicyclic) bond motifs is 2. The highest BCUT2D eigenvalue weighted by Crippen LogP contribution is 2.37. The lowest BCUT2D eigenvalue weighted by atomic mass is 9.77. The van der Waals surface area contributed by atoms with Crippen molar-refractivity contribution in [2.45, 2.75) is 63.8 Å². The van der Waals surface area contributed by atoms with Crippen LogP contribution >= 0.6 is 0 Å². The third-order valence-corrected chi connectivity index (χ3v) is 6.97. The standard InChI is InChI=1S/C15H27NOSi/c1-11(18(3,4)5)15(17)12-9-13-7-6-8-14(10-12)16(13)2/h12-14H,1,6-10H2,2-5H3. The molecule has 2 saturated heterocycles. The topological polar surface area (TPSA) is 20.3 Å². The van der Waals surface area contributed by atoms with Crippen molar-refractivity contribution in [2.24, 2.45) is 5.92 Å². The van der Waals surface area contributed by atoms with Crippen molar-refractivity contribution in [1.29, 1.82) is 0 Å². The third-order valence-electron chi connectivity index (χ3n) is 4.91. The zero-order valence-corrected chi connectivity index (χ0v) is 13.3. The van der Waals surface area contributed by atoms with Gasteiger partial charge in [-0.15, -0.1) is 0 Å². The monoisotopic (exact) mass is 265 g/mol. The lowest BCUT2D eigenvalue weighted by molar-refractivity contribution is -0.122. The molecule has 0 spiro atoms. The molecule has 102 valence electrons. The first-order valence-electron chi connectivity index (χ1n) is 7.26. The lowest BCUT2D eigenvalue weighted by Crippen LogP contribution is -2.51. The Morgan fingerprint density at radius 3 is 2.11 bits per heavy atom. The second kappa shape index (κ2) is 4.93. The van der Waals surface area contributed by atoms with Crippen LogP contribution in [0.4, 0.5) is 0 Å². The molecule has 2 heterocycles. The minimum Gasteiger partial charge on any atom is -0.300 e. The van der Waals surface area contributed by atoms with Gasteiger partial charge in [0.2, 0.25) is 0 Å². The van der Waals surface area contributed by atoms with Crippen LogP contribution < -0.4 is 0 Å². The van der Waals surface area contributed by atoms with Gasteiger partial charge in [0, 0.05) is 18.0 Å². The van der Waals surface area contributed by atoms with Crippen LogP contribution in [0.5, 0.6) is 0 Å². The highest BCUT2D eigenvalue weighted by atomic mass is 28.3. The summed E-state index contributed by atoms with van der Waals surface area (Å²) in [6.07, 6.45) is 6.02. The summed E-state index contributed by atoms with van der Waals surface area (Å²) in [4.78, 5) is 15.1. The molecule has 2 aliphatic rings. The fraction of sp³-hybridized carbons (Fsp3) is 0.800. The second-order valence-electron chi connectivity index (χ2n) is 7.17. The highest BCUT2D eigenvalue weighted by molar-refractivity contribution is 6.87. The molecule has 2 nitrogen and oxygen atoms in total. The number of hydrogen-bond donors (Lipinski definition) is 0. The van der Waals surface area contributed by atoms with E-state index in [1.807, 2.05) is 0 Å². The molecule has 0 aromatic carbocycles. The first kappa shape index (κ1) is 14.0. The summed E-state index contributed by atoms with van der Waals surface area (Å²) in [6, 6.07) is 1.28. The van der Waals surface area contributed by atoms with E-state index in [-0.39, 0.29) is 5.92 Å². The Labute approximate surface area is 112 Å². The molecule has 2 atom stereocenters. The lowest BCUT2D eigenvalue weighted by Gasteiger charge is -2.47. The Hall–Kier alpha value is -0.413. The quantitative estimate of drug-likeness (QED) is 0.577. The summed E-state index contributed by atoms with van der Waals surface area (Å²) in [5, 5.41) is 0.954. The van der Waals surface area contributed by atoms with Gasteiger partial charge in [0.25, 0.3) is 0 Å². The smallest absolute Gasteiger partial charge is 0.157 e. The average molecular weight is 265 g/mol. The number of ketones is 1. The molecular formula is C15H27NOSi. The van der Waals surface area contributed by atoms with Crippen LogP contribution in [0.15, 0.2) is 11.8 Å². The SMILES string of the molecule is C=C(C(=O)C1CC2CCCC(C1)N2C)[Si](C)(C)C. The molecule has 2 fully saturated rings. The third kappa shape index (κ3) is 2.62. The van der Waals surface area contributed by atoms with E-state index in [9.17, 15) is 4.79 Å². The number of allylic oxidation sites excluding steroid dienone is 1. The molecule has 0 aromatic rings. The Bertz CT molecular complexity index is 344. The van der Waals surface area contributed by atoms with Gasteiger partial charge in [-0.2, -0.15) is 0 Å². The van der Waals surface area contributed by atoms with Crippen molar-refractivity contribution in [3.63, 3.8) is 0 Å². The number of nitrogens with zero attached hydrogens (tertiary/aromatic N) is 1. The summed E-state index contributed by atoms with van der Waals surface area (Å²) in [5.41, 5.74) is 0. The molecular weight excluding hydrogens is 238 g/mol. The van der Waals surface area contributed by atoms with Crippen molar-refractivity contribution >= 4 is 13.9 Å². The summed E-state index contributed by atoms with van der Waals surface area (Å²) in [6.45, 7) is 10.8. The molecule has 2 rings (SSSR count). The van der Waals surface area contributed by atoms with Gasteiger partial charge in [0.05, 0.1) is 8.07 Å². The summed E-state index contributed by atoms with van der Waals surface area (Å²) < 4.78 is 0. The maximum Gasteiger partial charge on any atom is 0.157 e. The normalized spacial score (nSPS) is 33.2. The van der Waals surface area contributed by atoms with Crippen molar-refractivity contribution in [3.05, 3.63) is 11.8 Å². The molecule has 18 heavy (non-hydrogen) atoms. The van der Waals surface area contributed by atoms with Crippen LogP contribution in [0.2, 0.25) is 19.6 Å². The van der Waals surface area contributed by atoms with Gasteiger partial charge in [-0.3, -0.25) is 4.79 Å². The Morgan fingerprint density at radius 2 is 1.67 bits per heavy atom. The van der Waals surface area contributed by atoms with Crippen LogP contribution in [0.3, 0.4) is 0 Å². The van der Waals surface area contributed by atoms with E-state index in [4.69, 9.17) is 0 Å². The first-order chi connectivity index (χ1) is 8.30. The van der Waals surface area contributed by atoms with Crippen molar-refractivity contribution in [1.82, 2.24) is 4.90 Å². The van der Waals surface area contributed by atoms with E-state index >= 15 is 0 Å². The van der Waals surface area contributed by atoms with E-state index in [1.54, 1.807) is 0 Å². The van der Waals surface area contributed by atoms with Crippen LogP contribution in [-0.2, 0) is 4.79 Å². The van der Waals surface area contributed by atoms with Crippen LogP contribution in [0, 0.1) is 5.92 Å². The second-order valence-corrected chi connectivity index (χ2v) is 12.3. The molecule has 0 aliphatic carbocycles. The van der Waals surface area contributed by atoms with Crippen molar-refractivity contribution in [2.75, 3.05) is 7.05 Å². The number of hydrogen-bond acceptors (Lipinski definition) is 2. The molecule has 3 heteroatoms. The maximum atomic E-state index is 12.6. The number of rotatable bonds is 3. The summed E-state index contributed by atoms with van der Waals surface area (Å²) in [5.74, 6) is 0.648. The molecule has 2 bridgehead atoms. The molecule has 2 unspecified atom stereocenters. The molecule has 0 N–H and O–H groups in total. The molecule has 0 aromatic heterocycles. The van der Waals surface area contributed by atoms with Crippen LogP contribution in [-0.4, -0.2) is 37.9 Å². The number of carbonyl (C=O) groups excluding carboxylic acids is 1. The summed E-state index contributed by atoms with van der Waals surface area (Å²) in [7, 11) is 0.720. The fourth-order valence-electron chi connectivity index (χ4n) is 3.45. The van der Waals surface area contributed by atoms with Crippen molar-refractivity contribution in [3.8, 4) is 0 Å². The van der Waals surface area contributed by atoms with E-state index in [0.717, 1.165) is 18.0 Å². The number of piperidine rings is 2. The Morgan fingerprint density at radius 1 is 1.17 bits per heavy atom. The number of Topliss-reactive ketones (excluding diaryl/α,β-unsaturated/α-hetero) is 1. The van der Waals surface area contributed by atoms with Gasteiger partial charge < -0.3 is 4.90 Å². The zero-order valence-electron chi connectivity index (χ0n) is 12.3. The fourth-order valence-corrected chi connectivity index (χ4v) is 4.39. The van der Waals surface area contributed by atoms with Gasteiger partial charge in [-0.1, -0.05) is 32.6 Å². The first-order valence-corrected chi connectivity index (χ1v) is 10.8. The predicted molar refractivity (Wildman–Crippen MR) is 79.4 cm³/mol. The molecule has 0 radical (unpaired) electrons. The van der Waals surface area contributed by atoms with Crippen LogP contribution in [0.1, 0.15) is 32.1 Å². The van der Waals surface area contributed by atoms with Gasteiger partial charge in [-0.05, 0) is 37.9 Å². The van der Waals surface area contributed by atoms with E-state index in [0.29, 0.717) is 17.9 Å². The highest BCUT2D eigenvalue weighted by Gasteiger charge is 2.40. The largest absolute Gasteiger partial charge is 0.300 e. The molecule has 2 aliphatic heterocycles. The zero-order chi connectivity index (χ0) is 13.5. The molecule has 0 saturated carbocycles. The minimum absolute atomic E-state index is 0.260. The molecule has 0 amide bonds. The average Bonchev–Trinajstić information content (AvgIpc) is 2.25. The van der Waals surface area contributed by atoms with Crippen LogP contribution in [0.25, 0.3) is 0 Å². The predicted octanol–water partition coefficient (Wildman–Crippen LogP) is 3.25. The maximum absolute atomic E-state index is 12.6. The van der Waals surface area contributed by atoms with Crippen molar-refractivity contribution < 1.29 is 4.79 Å². The van der Waals surface area contributed by atoms with Gasteiger partial charge in [0.1, 0.15) is 0 Å².